The number of methoxy groups -OCH3 is 2. The van der Waals surface area contributed by atoms with Crippen LogP contribution in [0, 0.1) is 11.7 Å². The minimum Gasteiger partial charge on any atom is -0.495 e. The number of nitrogens with zero attached hydrogens (tertiary/aromatic N) is 1. The van der Waals surface area contributed by atoms with Gasteiger partial charge < -0.3 is 19.7 Å². The van der Waals surface area contributed by atoms with E-state index in [1.807, 2.05) is 0 Å². The van der Waals surface area contributed by atoms with E-state index in [2.05, 4.69) is 5.32 Å². The first kappa shape index (κ1) is 20.9. The van der Waals surface area contributed by atoms with Gasteiger partial charge in [0.05, 0.1) is 24.9 Å². The number of likely N-dealkylation sites (tertiary alicyclic amines) is 1. The number of halogens is 2. The third-order valence-corrected chi connectivity index (χ3v) is 5.25. The van der Waals surface area contributed by atoms with Crippen LogP contribution in [0.25, 0.3) is 0 Å². The van der Waals surface area contributed by atoms with Crippen LogP contribution in [0.15, 0.2) is 36.4 Å². The molecule has 0 aliphatic carbocycles. The van der Waals surface area contributed by atoms with Gasteiger partial charge in [0.2, 0.25) is 5.91 Å². The first-order valence-electron chi connectivity index (χ1n) is 9.20. The lowest BCUT2D eigenvalue weighted by Gasteiger charge is -2.31. The molecule has 2 aromatic rings. The Bertz CT molecular complexity index is 914. The molecule has 0 aromatic heterocycles. The molecule has 8 heteroatoms. The maximum Gasteiger partial charge on any atom is 0.253 e. The summed E-state index contributed by atoms with van der Waals surface area (Å²) in [5, 5.41) is 3.24. The molecule has 1 N–H and O–H groups in total. The van der Waals surface area contributed by atoms with Gasteiger partial charge in [0, 0.05) is 36.7 Å². The van der Waals surface area contributed by atoms with Gasteiger partial charge in [-0.25, -0.2) is 4.39 Å². The topological polar surface area (TPSA) is 67.9 Å². The second-order valence-electron chi connectivity index (χ2n) is 6.75. The summed E-state index contributed by atoms with van der Waals surface area (Å²) in [6, 6.07) is 8.81. The van der Waals surface area contributed by atoms with E-state index < -0.39 is 5.82 Å². The molecule has 0 atom stereocenters. The molecule has 0 saturated carbocycles. The lowest BCUT2D eigenvalue weighted by Crippen LogP contribution is -2.41. The van der Waals surface area contributed by atoms with Gasteiger partial charge in [0.15, 0.2) is 0 Å². The van der Waals surface area contributed by atoms with Crippen LogP contribution in [0.5, 0.6) is 11.5 Å². The molecule has 1 heterocycles. The fourth-order valence-corrected chi connectivity index (χ4v) is 3.57. The molecule has 1 aliphatic rings. The Morgan fingerprint density at radius 3 is 2.41 bits per heavy atom. The number of carbonyl (C=O) groups is 2. The molecular formula is C21H22ClFN2O4. The highest BCUT2D eigenvalue weighted by molar-refractivity contribution is 6.32. The molecule has 0 spiro atoms. The average Bonchev–Trinajstić information content (AvgIpc) is 2.74. The standard InChI is InChI=1S/C21H22ClFN2O4/c1-28-18-12-17(19(29-2)11-16(18)22)24-20(26)13-6-8-25(9-7-13)21(27)14-4-3-5-15(23)10-14/h3-5,10-13H,6-9H2,1-2H3,(H,24,26). The summed E-state index contributed by atoms with van der Waals surface area (Å²) in [7, 11) is 2.98. The van der Waals surface area contributed by atoms with Crippen molar-refractivity contribution in [2.24, 2.45) is 5.92 Å². The monoisotopic (exact) mass is 420 g/mol. The summed E-state index contributed by atoms with van der Waals surface area (Å²) in [4.78, 5) is 26.9. The summed E-state index contributed by atoms with van der Waals surface area (Å²) >= 11 is 6.09. The molecule has 0 radical (unpaired) electrons. The zero-order valence-corrected chi connectivity index (χ0v) is 17.0. The van der Waals surface area contributed by atoms with E-state index >= 15 is 0 Å². The Kier molecular flexibility index (Phi) is 6.59. The number of nitrogens with one attached hydrogen (secondary N) is 1. The predicted molar refractivity (Wildman–Crippen MR) is 108 cm³/mol. The number of anilines is 1. The van der Waals surface area contributed by atoms with Crippen molar-refractivity contribution >= 4 is 29.1 Å². The lowest BCUT2D eigenvalue weighted by molar-refractivity contribution is -0.121. The van der Waals surface area contributed by atoms with Crippen LogP contribution in [0.4, 0.5) is 10.1 Å². The number of ether oxygens (including phenoxy) is 2. The van der Waals surface area contributed by atoms with Crippen LogP contribution >= 0.6 is 11.6 Å². The van der Waals surface area contributed by atoms with Crippen molar-refractivity contribution in [3.8, 4) is 11.5 Å². The number of hydrogen-bond acceptors (Lipinski definition) is 4. The van der Waals surface area contributed by atoms with Gasteiger partial charge in [-0.1, -0.05) is 17.7 Å². The highest BCUT2D eigenvalue weighted by atomic mass is 35.5. The lowest BCUT2D eigenvalue weighted by atomic mass is 9.95. The van der Waals surface area contributed by atoms with Gasteiger partial charge in [0.1, 0.15) is 17.3 Å². The molecule has 2 aromatic carbocycles. The van der Waals surface area contributed by atoms with Gasteiger partial charge in [-0.2, -0.15) is 0 Å². The molecule has 1 fully saturated rings. The first-order chi connectivity index (χ1) is 13.9. The summed E-state index contributed by atoms with van der Waals surface area (Å²) in [6.45, 7) is 0.850. The summed E-state index contributed by atoms with van der Waals surface area (Å²) in [5.41, 5.74) is 0.780. The third kappa shape index (κ3) is 4.79. The maximum absolute atomic E-state index is 13.4. The molecule has 29 heavy (non-hydrogen) atoms. The second kappa shape index (κ2) is 9.13. The molecular weight excluding hydrogens is 399 g/mol. The van der Waals surface area contributed by atoms with Gasteiger partial charge in [-0.15, -0.1) is 0 Å². The van der Waals surface area contributed by atoms with Crippen molar-refractivity contribution in [1.82, 2.24) is 4.90 Å². The summed E-state index contributed by atoms with van der Waals surface area (Å²) < 4.78 is 23.8. The molecule has 0 unspecified atom stereocenters. The molecule has 2 amide bonds. The number of piperidine rings is 1. The molecule has 154 valence electrons. The van der Waals surface area contributed by atoms with E-state index in [0.717, 1.165) is 0 Å². The molecule has 1 saturated heterocycles. The Balaban J connectivity index is 1.63. The summed E-state index contributed by atoms with van der Waals surface area (Å²) in [6.07, 6.45) is 1.03. The van der Waals surface area contributed by atoms with Gasteiger partial charge >= 0.3 is 0 Å². The fraction of sp³-hybridized carbons (Fsp3) is 0.333. The SMILES string of the molecule is COc1cc(NC(=O)C2CCN(C(=O)c3cccc(F)c3)CC2)c(OC)cc1Cl. The third-order valence-electron chi connectivity index (χ3n) is 4.96. The van der Waals surface area contributed by atoms with Crippen LogP contribution in [0.3, 0.4) is 0 Å². The zero-order valence-electron chi connectivity index (χ0n) is 16.2. The Hall–Kier alpha value is -2.80. The minimum atomic E-state index is -0.447. The quantitative estimate of drug-likeness (QED) is 0.794. The zero-order chi connectivity index (χ0) is 21.0. The van der Waals surface area contributed by atoms with Crippen molar-refractivity contribution in [3.05, 3.63) is 52.8 Å². The molecule has 1 aliphatic heterocycles. The van der Waals surface area contributed by atoms with E-state index in [9.17, 15) is 14.0 Å². The maximum atomic E-state index is 13.4. The Morgan fingerprint density at radius 1 is 1.10 bits per heavy atom. The largest absolute Gasteiger partial charge is 0.495 e. The molecule has 6 nitrogen and oxygen atoms in total. The van der Waals surface area contributed by atoms with E-state index in [4.69, 9.17) is 21.1 Å². The molecule has 0 bridgehead atoms. The van der Waals surface area contributed by atoms with Crippen LogP contribution < -0.4 is 14.8 Å². The van der Waals surface area contributed by atoms with Crippen LogP contribution in [-0.4, -0.2) is 44.0 Å². The van der Waals surface area contributed by atoms with E-state index in [0.29, 0.717) is 53.7 Å². The second-order valence-corrected chi connectivity index (χ2v) is 7.16. The molecule has 3 rings (SSSR count). The van der Waals surface area contributed by atoms with Gasteiger partial charge in [0.25, 0.3) is 5.91 Å². The van der Waals surface area contributed by atoms with Crippen molar-refractivity contribution in [1.29, 1.82) is 0 Å². The number of rotatable bonds is 5. The van der Waals surface area contributed by atoms with Crippen LogP contribution in [-0.2, 0) is 4.79 Å². The predicted octanol–water partition coefficient (Wildman–Crippen LogP) is 3.99. The fourth-order valence-electron chi connectivity index (χ4n) is 3.34. The number of amides is 2. The van der Waals surface area contributed by atoms with E-state index in [1.54, 1.807) is 23.1 Å². The average molecular weight is 421 g/mol. The normalized spacial score (nSPS) is 14.4. The van der Waals surface area contributed by atoms with Crippen LogP contribution in [0.2, 0.25) is 5.02 Å². The van der Waals surface area contributed by atoms with Crippen molar-refractivity contribution in [2.75, 3.05) is 32.6 Å². The van der Waals surface area contributed by atoms with E-state index in [1.165, 1.54) is 32.4 Å². The highest BCUT2D eigenvalue weighted by Crippen LogP contribution is 2.36. The summed E-state index contributed by atoms with van der Waals surface area (Å²) in [5.74, 6) is -0.227. The van der Waals surface area contributed by atoms with E-state index in [-0.39, 0.29) is 17.7 Å². The van der Waals surface area contributed by atoms with Crippen LogP contribution in [0.1, 0.15) is 23.2 Å². The van der Waals surface area contributed by atoms with Crippen molar-refractivity contribution in [3.63, 3.8) is 0 Å². The van der Waals surface area contributed by atoms with Gasteiger partial charge in [-0.3, -0.25) is 9.59 Å². The number of hydrogen-bond donors (Lipinski definition) is 1. The first-order valence-corrected chi connectivity index (χ1v) is 9.58. The smallest absolute Gasteiger partial charge is 0.253 e. The Morgan fingerprint density at radius 2 is 1.79 bits per heavy atom. The number of benzene rings is 2. The number of carbonyl (C=O) groups excluding carboxylic acids is 2. The highest BCUT2D eigenvalue weighted by Gasteiger charge is 2.28. The minimum absolute atomic E-state index is 0.162. The van der Waals surface area contributed by atoms with Crippen molar-refractivity contribution < 1.29 is 23.5 Å². The Labute approximate surface area is 173 Å². The van der Waals surface area contributed by atoms with Gasteiger partial charge in [-0.05, 0) is 31.0 Å². The van der Waals surface area contributed by atoms with Crippen molar-refractivity contribution in [2.45, 2.75) is 12.8 Å².